The third kappa shape index (κ3) is 3.62. The molecule has 1 aromatic heterocycles. The molecule has 1 unspecified atom stereocenters. The van der Waals surface area contributed by atoms with E-state index < -0.39 is 0 Å². The number of benzene rings is 1. The molecule has 1 aromatic carbocycles. The zero-order valence-electron chi connectivity index (χ0n) is 11.8. The fourth-order valence-corrected chi connectivity index (χ4v) is 2.76. The highest BCUT2D eigenvalue weighted by Crippen LogP contribution is 2.20. The van der Waals surface area contributed by atoms with Crippen molar-refractivity contribution in [1.82, 2.24) is 15.5 Å². The molecule has 5 nitrogen and oxygen atoms in total. The van der Waals surface area contributed by atoms with E-state index in [9.17, 15) is 9.18 Å². The number of nitrogens with one attached hydrogen (secondary N) is 1. The second kappa shape index (κ2) is 6.44. The van der Waals surface area contributed by atoms with Crippen LogP contribution in [0.5, 0.6) is 0 Å². The topological polar surface area (TPSA) is 68.0 Å². The Hall–Kier alpha value is -1.95. The van der Waals surface area contributed by atoms with Gasteiger partial charge in [-0.2, -0.15) is 4.98 Å². The normalized spacial score (nSPS) is 18.3. The summed E-state index contributed by atoms with van der Waals surface area (Å²) < 4.78 is 18.2. The van der Waals surface area contributed by atoms with Crippen LogP contribution in [0, 0.1) is 5.82 Å². The molecule has 1 fully saturated rings. The van der Waals surface area contributed by atoms with E-state index in [-0.39, 0.29) is 17.8 Å². The van der Waals surface area contributed by atoms with Crippen LogP contribution in [0.3, 0.4) is 0 Å². The van der Waals surface area contributed by atoms with E-state index in [4.69, 9.17) is 16.1 Å². The molecule has 1 N–H and O–H groups in total. The quantitative estimate of drug-likeness (QED) is 0.939. The Balaban J connectivity index is 1.64. The minimum atomic E-state index is -0.379. The van der Waals surface area contributed by atoms with Gasteiger partial charge in [0.05, 0.1) is 0 Å². The van der Waals surface area contributed by atoms with Gasteiger partial charge in [0, 0.05) is 30.3 Å². The van der Waals surface area contributed by atoms with Crippen molar-refractivity contribution >= 4 is 17.5 Å². The van der Waals surface area contributed by atoms with E-state index in [2.05, 4.69) is 15.5 Å². The summed E-state index contributed by atoms with van der Waals surface area (Å²) in [6, 6.07) is 4.26. The van der Waals surface area contributed by atoms with Crippen molar-refractivity contribution in [1.29, 1.82) is 0 Å². The monoisotopic (exact) mass is 323 g/mol. The summed E-state index contributed by atoms with van der Waals surface area (Å²) in [5.74, 6) is 0.663. The molecule has 0 spiro atoms. The SMILES string of the molecule is O=C1CCCC(Cc2nc(Cc3ccc(F)cc3Cl)no2)N1. The summed E-state index contributed by atoms with van der Waals surface area (Å²) in [5, 5.41) is 7.16. The molecule has 7 heteroatoms. The van der Waals surface area contributed by atoms with Gasteiger partial charge >= 0.3 is 0 Å². The Morgan fingerprint density at radius 3 is 3.09 bits per heavy atom. The van der Waals surface area contributed by atoms with Gasteiger partial charge in [-0.25, -0.2) is 4.39 Å². The summed E-state index contributed by atoms with van der Waals surface area (Å²) >= 11 is 5.98. The number of amides is 1. The van der Waals surface area contributed by atoms with Crippen LogP contribution in [0.2, 0.25) is 5.02 Å². The molecule has 1 aliphatic rings. The van der Waals surface area contributed by atoms with Gasteiger partial charge in [0.2, 0.25) is 11.8 Å². The molecule has 0 aliphatic carbocycles. The minimum Gasteiger partial charge on any atom is -0.353 e. The number of rotatable bonds is 4. The van der Waals surface area contributed by atoms with Crippen molar-refractivity contribution < 1.29 is 13.7 Å². The van der Waals surface area contributed by atoms with E-state index in [1.807, 2.05) is 0 Å². The number of piperidine rings is 1. The first-order valence-electron chi connectivity index (χ1n) is 7.15. The first-order valence-corrected chi connectivity index (χ1v) is 7.52. The average molecular weight is 324 g/mol. The summed E-state index contributed by atoms with van der Waals surface area (Å²) in [6.45, 7) is 0. The van der Waals surface area contributed by atoms with E-state index in [0.717, 1.165) is 18.4 Å². The number of aromatic nitrogens is 2. The Morgan fingerprint density at radius 2 is 2.32 bits per heavy atom. The van der Waals surface area contributed by atoms with Crippen LogP contribution in [0.4, 0.5) is 4.39 Å². The maximum Gasteiger partial charge on any atom is 0.228 e. The van der Waals surface area contributed by atoms with Crippen LogP contribution in [0.1, 0.15) is 36.5 Å². The first-order chi connectivity index (χ1) is 10.6. The number of carbonyl (C=O) groups is 1. The number of hydrogen-bond acceptors (Lipinski definition) is 4. The van der Waals surface area contributed by atoms with E-state index in [1.165, 1.54) is 12.1 Å². The van der Waals surface area contributed by atoms with Crippen molar-refractivity contribution in [3.8, 4) is 0 Å². The zero-order valence-corrected chi connectivity index (χ0v) is 12.6. The largest absolute Gasteiger partial charge is 0.353 e. The van der Waals surface area contributed by atoms with Gasteiger partial charge in [0.1, 0.15) is 5.82 Å². The highest BCUT2D eigenvalue weighted by molar-refractivity contribution is 6.31. The van der Waals surface area contributed by atoms with Crippen molar-refractivity contribution in [3.63, 3.8) is 0 Å². The summed E-state index contributed by atoms with van der Waals surface area (Å²) in [7, 11) is 0. The van der Waals surface area contributed by atoms with Crippen molar-refractivity contribution in [3.05, 3.63) is 46.3 Å². The molecule has 3 rings (SSSR count). The van der Waals surface area contributed by atoms with E-state index in [0.29, 0.717) is 36.0 Å². The Kier molecular flexibility index (Phi) is 4.38. The molecule has 2 aromatic rings. The van der Waals surface area contributed by atoms with Gasteiger partial charge in [0.15, 0.2) is 5.82 Å². The van der Waals surface area contributed by atoms with Gasteiger partial charge in [-0.3, -0.25) is 4.79 Å². The van der Waals surface area contributed by atoms with Crippen LogP contribution < -0.4 is 5.32 Å². The van der Waals surface area contributed by atoms with Gasteiger partial charge in [0.25, 0.3) is 0 Å². The number of carbonyl (C=O) groups excluding carboxylic acids is 1. The van der Waals surface area contributed by atoms with E-state index >= 15 is 0 Å². The summed E-state index contributed by atoms with van der Waals surface area (Å²) in [5.41, 5.74) is 0.737. The Morgan fingerprint density at radius 1 is 1.45 bits per heavy atom. The standard InChI is InChI=1S/C15H15ClFN3O2/c16-12-7-10(17)5-4-9(12)6-13-19-15(22-20-13)8-11-2-1-3-14(21)18-11/h4-5,7,11H,1-3,6,8H2,(H,18,21). The molecule has 1 amide bonds. The molecule has 2 heterocycles. The van der Waals surface area contributed by atoms with Crippen LogP contribution in [0.25, 0.3) is 0 Å². The molecular formula is C15H15ClFN3O2. The first kappa shape index (κ1) is 15.0. The maximum absolute atomic E-state index is 13.0. The third-order valence-electron chi connectivity index (χ3n) is 3.62. The number of nitrogens with zero attached hydrogens (tertiary/aromatic N) is 2. The molecule has 1 aliphatic heterocycles. The fraction of sp³-hybridized carbons (Fsp3) is 0.400. The lowest BCUT2D eigenvalue weighted by Crippen LogP contribution is -2.40. The molecule has 0 radical (unpaired) electrons. The number of hydrogen-bond donors (Lipinski definition) is 1. The van der Waals surface area contributed by atoms with Gasteiger partial charge < -0.3 is 9.84 Å². The molecule has 22 heavy (non-hydrogen) atoms. The molecule has 1 atom stereocenters. The minimum absolute atomic E-state index is 0.0453. The summed E-state index contributed by atoms with van der Waals surface area (Å²) in [6.07, 6.45) is 3.26. The lowest BCUT2D eigenvalue weighted by Gasteiger charge is -2.21. The maximum atomic E-state index is 13.0. The van der Waals surface area contributed by atoms with Crippen LogP contribution in [0.15, 0.2) is 22.7 Å². The molecule has 0 bridgehead atoms. The number of halogens is 2. The van der Waals surface area contributed by atoms with Crippen LogP contribution in [-0.4, -0.2) is 22.1 Å². The Bertz CT molecular complexity index is 689. The second-order valence-electron chi connectivity index (χ2n) is 5.38. The van der Waals surface area contributed by atoms with E-state index in [1.54, 1.807) is 6.07 Å². The highest BCUT2D eigenvalue weighted by atomic mass is 35.5. The molecule has 0 saturated carbocycles. The predicted molar refractivity (Wildman–Crippen MR) is 78.0 cm³/mol. The zero-order chi connectivity index (χ0) is 15.5. The third-order valence-corrected chi connectivity index (χ3v) is 3.97. The second-order valence-corrected chi connectivity index (χ2v) is 5.78. The lowest BCUT2D eigenvalue weighted by molar-refractivity contribution is -0.123. The Labute approximate surface area is 131 Å². The molecule has 1 saturated heterocycles. The van der Waals surface area contributed by atoms with Crippen molar-refractivity contribution in [2.45, 2.75) is 38.1 Å². The fourth-order valence-electron chi connectivity index (χ4n) is 2.53. The lowest BCUT2D eigenvalue weighted by atomic mass is 10.0. The predicted octanol–water partition coefficient (Wildman–Crippen LogP) is 2.66. The average Bonchev–Trinajstić information content (AvgIpc) is 2.89. The van der Waals surface area contributed by atoms with Gasteiger partial charge in [-0.15, -0.1) is 0 Å². The van der Waals surface area contributed by atoms with Crippen LogP contribution in [-0.2, 0) is 17.6 Å². The highest BCUT2D eigenvalue weighted by Gasteiger charge is 2.21. The van der Waals surface area contributed by atoms with Gasteiger partial charge in [-0.05, 0) is 30.5 Å². The summed E-state index contributed by atoms with van der Waals surface area (Å²) in [4.78, 5) is 15.7. The van der Waals surface area contributed by atoms with Crippen molar-refractivity contribution in [2.75, 3.05) is 0 Å². The molecule has 116 valence electrons. The van der Waals surface area contributed by atoms with Crippen LogP contribution >= 0.6 is 11.6 Å². The molecular weight excluding hydrogens is 309 g/mol. The smallest absolute Gasteiger partial charge is 0.228 e. The van der Waals surface area contributed by atoms with Gasteiger partial charge in [-0.1, -0.05) is 22.8 Å². The van der Waals surface area contributed by atoms with Crippen molar-refractivity contribution in [2.24, 2.45) is 0 Å².